The van der Waals surface area contributed by atoms with Crippen LogP contribution in [0.15, 0.2) is 83.3 Å². The molecule has 206 valence electrons. The lowest BCUT2D eigenvalue weighted by molar-refractivity contribution is -0.150. The van der Waals surface area contributed by atoms with E-state index in [0.29, 0.717) is 24.6 Å². The monoisotopic (exact) mass is 540 g/mol. The van der Waals surface area contributed by atoms with Crippen LogP contribution in [0.4, 0.5) is 17.4 Å². The zero-order chi connectivity index (χ0) is 27.7. The van der Waals surface area contributed by atoms with Crippen LogP contribution in [0.3, 0.4) is 0 Å². The predicted molar refractivity (Wildman–Crippen MR) is 151 cm³/mol. The number of carbonyl (C=O) groups excluding carboxylic acids is 2. The molecule has 0 radical (unpaired) electrons. The summed E-state index contributed by atoms with van der Waals surface area (Å²) in [6, 6.07) is 25.2. The fourth-order valence-electron chi connectivity index (χ4n) is 4.67. The second kappa shape index (κ2) is 12.9. The highest BCUT2D eigenvalue weighted by Crippen LogP contribution is 2.34. The number of nitrogens with zero attached hydrogens (tertiary/aromatic N) is 2. The molecule has 1 heterocycles. The van der Waals surface area contributed by atoms with E-state index in [0.717, 1.165) is 42.7 Å². The summed E-state index contributed by atoms with van der Waals surface area (Å²) in [5.41, 5.74) is 3.65. The number of benzene rings is 3. The number of amides is 1. The highest BCUT2D eigenvalue weighted by atomic mass is 16.5. The molecular formula is C31H32N4O5. The molecule has 0 atom stereocenters. The lowest BCUT2D eigenvalue weighted by atomic mass is 9.82. The number of ether oxygens (including phenoxy) is 2. The summed E-state index contributed by atoms with van der Waals surface area (Å²) in [4.78, 5) is 24.2. The molecule has 3 aromatic carbocycles. The predicted octanol–water partition coefficient (Wildman–Crippen LogP) is 6.62. The van der Waals surface area contributed by atoms with Crippen LogP contribution < -0.4 is 15.4 Å². The van der Waals surface area contributed by atoms with E-state index in [4.69, 9.17) is 13.9 Å². The molecule has 0 saturated heterocycles. The minimum Gasteiger partial charge on any atom is -0.489 e. The van der Waals surface area contributed by atoms with E-state index in [9.17, 15) is 9.59 Å². The molecular weight excluding hydrogens is 508 g/mol. The number of rotatable bonds is 10. The average molecular weight is 541 g/mol. The van der Waals surface area contributed by atoms with Crippen LogP contribution in [-0.2, 0) is 16.1 Å². The Morgan fingerprint density at radius 3 is 2.27 bits per heavy atom. The Hall–Kier alpha value is -4.66. The van der Waals surface area contributed by atoms with Crippen molar-refractivity contribution in [2.75, 3.05) is 10.6 Å². The van der Waals surface area contributed by atoms with Crippen molar-refractivity contribution < 1.29 is 23.5 Å². The summed E-state index contributed by atoms with van der Waals surface area (Å²) >= 11 is 0. The molecule has 1 aromatic heterocycles. The largest absolute Gasteiger partial charge is 0.489 e. The number of esters is 1. The van der Waals surface area contributed by atoms with E-state index < -0.39 is 5.91 Å². The third kappa shape index (κ3) is 7.25. The van der Waals surface area contributed by atoms with Gasteiger partial charge in [-0.1, -0.05) is 54.5 Å². The van der Waals surface area contributed by atoms with Gasteiger partial charge in [-0.3, -0.25) is 9.59 Å². The number of aromatic nitrogens is 2. The fourth-order valence-corrected chi connectivity index (χ4v) is 4.67. The van der Waals surface area contributed by atoms with Crippen LogP contribution in [0.2, 0.25) is 0 Å². The van der Waals surface area contributed by atoms with Gasteiger partial charge in [0.15, 0.2) is 0 Å². The maximum Gasteiger partial charge on any atom is 0.320 e. The smallest absolute Gasteiger partial charge is 0.320 e. The maximum absolute atomic E-state index is 12.7. The minimum absolute atomic E-state index is 0.0225. The lowest BCUT2D eigenvalue weighted by Crippen LogP contribution is -2.23. The van der Waals surface area contributed by atoms with Crippen molar-refractivity contribution in [3.8, 4) is 5.75 Å². The minimum atomic E-state index is -0.490. The quantitative estimate of drug-likeness (QED) is 0.216. The molecule has 0 bridgehead atoms. The highest BCUT2D eigenvalue weighted by molar-refractivity contribution is 6.00. The molecule has 0 aliphatic heterocycles. The summed E-state index contributed by atoms with van der Waals surface area (Å²) in [5.74, 6) is 0.378. The normalized spacial score (nSPS) is 16.6. The molecule has 1 aliphatic rings. The fraction of sp³-hybridized carbons (Fsp3) is 0.290. The van der Waals surface area contributed by atoms with Crippen molar-refractivity contribution in [3.05, 3.63) is 95.9 Å². The Bertz CT molecular complexity index is 1400. The molecule has 1 fully saturated rings. The van der Waals surface area contributed by atoms with E-state index >= 15 is 0 Å². The zero-order valence-electron chi connectivity index (χ0n) is 22.3. The molecule has 2 N–H and O–H groups in total. The Balaban J connectivity index is 1.09. The van der Waals surface area contributed by atoms with Crippen LogP contribution in [0, 0.1) is 0 Å². The first-order valence-corrected chi connectivity index (χ1v) is 13.5. The molecule has 9 heteroatoms. The molecule has 9 nitrogen and oxygen atoms in total. The molecule has 4 aromatic rings. The van der Waals surface area contributed by atoms with Gasteiger partial charge in [-0.2, -0.15) is 0 Å². The lowest BCUT2D eigenvalue weighted by Gasteiger charge is -2.28. The van der Waals surface area contributed by atoms with Gasteiger partial charge in [-0.05, 0) is 79.1 Å². The zero-order valence-corrected chi connectivity index (χ0v) is 22.3. The Kier molecular flexibility index (Phi) is 8.70. The first-order valence-electron chi connectivity index (χ1n) is 13.5. The Labute approximate surface area is 232 Å². The van der Waals surface area contributed by atoms with E-state index in [2.05, 4.69) is 20.8 Å². The van der Waals surface area contributed by atoms with Gasteiger partial charge in [0, 0.05) is 17.8 Å². The first kappa shape index (κ1) is 26.9. The number of hydrogen-bond acceptors (Lipinski definition) is 8. The Morgan fingerprint density at radius 1 is 0.875 bits per heavy atom. The van der Waals surface area contributed by atoms with Gasteiger partial charge in [0.2, 0.25) is 0 Å². The summed E-state index contributed by atoms with van der Waals surface area (Å²) in [5, 5.41) is 13.6. The number of hydrogen-bond donors (Lipinski definition) is 2. The van der Waals surface area contributed by atoms with Gasteiger partial charge < -0.3 is 24.5 Å². The van der Waals surface area contributed by atoms with Crippen molar-refractivity contribution in [1.82, 2.24) is 10.2 Å². The van der Waals surface area contributed by atoms with Crippen molar-refractivity contribution in [1.29, 1.82) is 0 Å². The summed E-state index contributed by atoms with van der Waals surface area (Å²) in [6.07, 6.45) is 4.11. The standard InChI is InChI=1S/C31H32N4O5/c1-2-28(36)39-27-16-10-23(11-17-27)22-8-12-24(13-9-22)32-29(37)30-34-35-31(40-30)33-25-14-18-26(19-15-25)38-20-21-6-4-3-5-7-21/h3-9,12-15,18-19,23,27H,2,10-11,16-17,20H2,1H3,(H,32,37)(H,33,35). The molecule has 0 spiro atoms. The second-order valence-corrected chi connectivity index (χ2v) is 9.73. The SMILES string of the molecule is CCC(=O)OC1CCC(c2ccc(NC(=O)c3nnc(Nc4ccc(OCc5ccccc5)cc4)o3)cc2)CC1. The van der Waals surface area contributed by atoms with Crippen LogP contribution in [0.5, 0.6) is 5.75 Å². The van der Waals surface area contributed by atoms with E-state index in [1.165, 1.54) is 5.56 Å². The molecule has 0 unspecified atom stereocenters. The van der Waals surface area contributed by atoms with Gasteiger partial charge in [-0.15, -0.1) is 5.10 Å². The number of anilines is 3. The first-order chi connectivity index (χ1) is 19.6. The Morgan fingerprint density at radius 2 is 1.57 bits per heavy atom. The van der Waals surface area contributed by atoms with Crippen LogP contribution in [-0.4, -0.2) is 28.2 Å². The molecule has 5 rings (SSSR count). The van der Waals surface area contributed by atoms with Gasteiger partial charge >= 0.3 is 23.8 Å². The van der Waals surface area contributed by atoms with Gasteiger partial charge in [0.05, 0.1) is 0 Å². The summed E-state index contributed by atoms with van der Waals surface area (Å²) in [7, 11) is 0. The van der Waals surface area contributed by atoms with Gasteiger partial charge in [-0.25, -0.2) is 0 Å². The van der Waals surface area contributed by atoms with Crippen molar-refractivity contribution >= 4 is 29.3 Å². The van der Waals surface area contributed by atoms with E-state index in [-0.39, 0.29) is 24.0 Å². The molecule has 1 saturated carbocycles. The number of carbonyl (C=O) groups is 2. The van der Waals surface area contributed by atoms with E-state index in [1.807, 2.05) is 85.8 Å². The molecule has 1 amide bonds. The maximum atomic E-state index is 12.7. The van der Waals surface area contributed by atoms with Crippen LogP contribution in [0.25, 0.3) is 0 Å². The van der Waals surface area contributed by atoms with Gasteiger partial charge in [0.1, 0.15) is 18.5 Å². The third-order valence-corrected chi connectivity index (χ3v) is 6.87. The topological polar surface area (TPSA) is 116 Å². The summed E-state index contributed by atoms with van der Waals surface area (Å²) < 4.78 is 16.8. The highest BCUT2D eigenvalue weighted by Gasteiger charge is 2.24. The van der Waals surface area contributed by atoms with Crippen molar-refractivity contribution in [2.45, 2.75) is 57.7 Å². The van der Waals surface area contributed by atoms with Gasteiger partial charge in [0.25, 0.3) is 0 Å². The third-order valence-electron chi connectivity index (χ3n) is 6.87. The van der Waals surface area contributed by atoms with Crippen LogP contribution in [0.1, 0.15) is 66.8 Å². The molecule has 40 heavy (non-hydrogen) atoms. The van der Waals surface area contributed by atoms with Crippen molar-refractivity contribution in [3.63, 3.8) is 0 Å². The molecule has 1 aliphatic carbocycles. The van der Waals surface area contributed by atoms with Crippen molar-refractivity contribution in [2.24, 2.45) is 0 Å². The summed E-state index contributed by atoms with van der Waals surface area (Å²) in [6.45, 7) is 2.30. The average Bonchev–Trinajstić information content (AvgIpc) is 3.47. The van der Waals surface area contributed by atoms with Crippen LogP contribution >= 0.6 is 0 Å². The van der Waals surface area contributed by atoms with E-state index in [1.54, 1.807) is 0 Å². The number of nitrogens with one attached hydrogen (secondary N) is 2. The second-order valence-electron chi connectivity index (χ2n) is 9.73.